The molecular formula is C24H30O3P+. The molecule has 0 saturated heterocycles. The maximum Gasteiger partial charge on any atom is 0.420 e. The number of carbonyl (C=O) groups is 2. The van der Waals surface area contributed by atoms with E-state index in [1.165, 1.54) is 0 Å². The number of Topliss-reactive ketones (excluding diaryl/α,β-unsaturated/α-hetero) is 1. The number of ketones is 1. The molecule has 0 bridgehead atoms. The van der Waals surface area contributed by atoms with Gasteiger partial charge < -0.3 is 0 Å². The largest absolute Gasteiger partial charge is 0.420 e. The smallest absolute Gasteiger partial charge is 0.294 e. The molecule has 148 valence electrons. The van der Waals surface area contributed by atoms with Gasteiger partial charge in [0.1, 0.15) is 0 Å². The molecule has 0 heterocycles. The molecule has 2 aromatic carbocycles. The highest BCUT2D eigenvalue weighted by atomic mass is 31.1. The van der Waals surface area contributed by atoms with Gasteiger partial charge >= 0.3 is 13.3 Å². The van der Waals surface area contributed by atoms with Gasteiger partial charge in [-0.05, 0) is 61.8 Å². The Balaban J connectivity index is 1.93. The number of rotatable bonds is 10. The molecular weight excluding hydrogens is 367 g/mol. The SMILES string of the molecule is CCc1cccc(CC)c1C(=O)CCCC[P+](=O)C(=O)c1c(C)cccc1C. The van der Waals surface area contributed by atoms with E-state index in [1.54, 1.807) is 0 Å². The first-order valence-electron chi connectivity index (χ1n) is 10.1. The Morgan fingerprint density at radius 3 is 1.89 bits per heavy atom. The highest BCUT2D eigenvalue weighted by Gasteiger charge is 2.31. The Bertz CT molecular complexity index is 841. The van der Waals surface area contributed by atoms with Crippen molar-refractivity contribution < 1.29 is 14.2 Å². The van der Waals surface area contributed by atoms with Crippen LogP contribution in [0.15, 0.2) is 36.4 Å². The number of unbranched alkanes of at least 4 members (excludes halogenated alkanes) is 1. The topological polar surface area (TPSA) is 51.2 Å². The van der Waals surface area contributed by atoms with Crippen molar-refractivity contribution in [2.24, 2.45) is 0 Å². The van der Waals surface area contributed by atoms with E-state index in [0.717, 1.165) is 40.7 Å². The molecule has 4 heteroatoms. The first-order chi connectivity index (χ1) is 13.4. The van der Waals surface area contributed by atoms with Crippen LogP contribution in [0.4, 0.5) is 0 Å². The lowest BCUT2D eigenvalue weighted by molar-refractivity contribution is 0.0978. The second-order valence-corrected chi connectivity index (χ2v) is 8.82. The van der Waals surface area contributed by atoms with Crippen molar-refractivity contribution in [3.63, 3.8) is 0 Å². The average Bonchev–Trinajstić information content (AvgIpc) is 2.69. The van der Waals surface area contributed by atoms with Gasteiger partial charge in [0.05, 0.1) is 5.56 Å². The van der Waals surface area contributed by atoms with Gasteiger partial charge in [-0.2, -0.15) is 0 Å². The zero-order chi connectivity index (χ0) is 20.7. The van der Waals surface area contributed by atoms with E-state index in [4.69, 9.17) is 0 Å². The predicted octanol–water partition coefficient (Wildman–Crippen LogP) is 6.45. The molecule has 2 rings (SSSR count). The van der Waals surface area contributed by atoms with Crippen LogP contribution in [0.25, 0.3) is 0 Å². The molecule has 0 fully saturated rings. The van der Waals surface area contributed by atoms with Gasteiger partial charge in [0, 0.05) is 12.0 Å². The van der Waals surface area contributed by atoms with Crippen LogP contribution in [0.2, 0.25) is 0 Å². The summed E-state index contributed by atoms with van der Waals surface area (Å²) in [6.45, 7) is 7.88. The molecule has 2 aromatic rings. The monoisotopic (exact) mass is 397 g/mol. The zero-order valence-corrected chi connectivity index (χ0v) is 18.3. The number of aryl methyl sites for hydroxylation is 4. The van der Waals surface area contributed by atoms with Gasteiger partial charge in [-0.3, -0.25) is 4.79 Å². The normalized spacial score (nSPS) is 11.4. The Hall–Kier alpha value is -2.12. The second-order valence-electron chi connectivity index (χ2n) is 7.21. The Morgan fingerprint density at radius 1 is 0.821 bits per heavy atom. The first-order valence-corrected chi connectivity index (χ1v) is 11.5. The Kier molecular flexibility index (Phi) is 8.26. The van der Waals surface area contributed by atoms with Gasteiger partial charge in [-0.1, -0.05) is 54.8 Å². The summed E-state index contributed by atoms with van der Waals surface area (Å²) in [4.78, 5) is 25.3. The third-order valence-corrected chi connectivity index (χ3v) is 6.61. The maximum atomic E-state index is 12.8. The fourth-order valence-electron chi connectivity index (χ4n) is 3.64. The lowest BCUT2D eigenvalue weighted by Crippen LogP contribution is -2.08. The number of hydrogen-bond acceptors (Lipinski definition) is 3. The zero-order valence-electron chi connectivity index (χ0n) is 17.4. The van der Waals surface area contributed by atoms with E-state index in [0.29, 0.717) is 31.0 Å². The van der Waals surface area contributed by atoms with Gasteiger partial charge in [-0.15, -0.1) is 0 Å². The summed E-state index contributed by atoms with van der Waals surface area (Å²) in [5, 5.41) is 0. The standard InChI is InChI=1S/C24H30O3P/c1-5-19-13-10-14-20(6-2)23(19)21(25)15-7-8-16-28(27)24(26)22-17(3)11-9-12-18(22)4/h9-14H,5-8,15-16H2,1-4H3/q+1. The highest BCUT2D eigenvalue weighted by molar-refractivity contribution is 7.64. The van der Waals surface area contributed by atoms with Gasteiger partial charge in [0.2, 0.25) is 0 Å². The Morgan fingerprint density at radius 2 is 1.36 bits per heavy atom. The molecule has 0 amide bonds. The van der Waals surface area contributed by atoms with Crippen LogP contribution in [0.1, 0.15) is 76.1 Å². The van der Waals surface area contributed by atoms with Gasteiger partial charge in [0.25, 0.3) is 0 Å². The lowest BCUT2D eigenvalue weighted by atomic mass is 9.92. The van der Waals surface area contributed by atoms with Crippen molar-refractivity contribution in [2.75, 3.05) is 6.16 Å². The minimum absolute atomic E-state index is 0.158. The maximum absolute atomic E-state index is 12.8. The quantitative estimate of drug-likeness (QED) is 0.263. The molecule has 0 N–H and O–H groups in total. The van der Waals surface area contributed by atoms with Crippen molar-refractivity contribution in [3.8, 4) is 0 Å². The summed E-state index contributed by atoms with van der Waals surface area (Å²) in [5.41, 5.74) is 5.12. The minimum Gasteiger partial charge on any atom is -0.294 e. The molecule has 0 aliphatic heterocycles. The summed E-state index contributed by atoms with van der Waals surface area (Å²) in [6, 6.07) is 11.7. The van der Waals surface area contributed by atoms with Crippen molar-refractivity contribution in [1.29, 1.82) is 0 Å². The fraction of sp³-hybridized carbons (Fsp3) is 0.417. The predicted molar refractivity (Wildman–Crippen MR) is 116 cm³/mol. The molecule has 0 aliphatic rings. The van der Waals surface area contributed by atoms with Crippen LogP contribution in [-0.4, -0.2) is 17.5 Å². The van der Waals surface area contributed by atoms with E-state index in [-0.39, 0.29) is 11.3 Å². The van der Waals surface area contributed by atoms with E-state index in [9.17, 15) is 14.2 Å². The van der Waals surface area contributed by atoms with E-state index < -0.39 is 7.80 Å². The van der Waals surface area contributed by atoms with Crippen LogP contribution in [-0.2, 0) is 17.4 Å². The highest BCUT2D eigenvalue weighted by Crippen LogP contribution is 2.31. The van der Waals surface area contributed by atoms with Crippen molar-refractivity contribution in [2.45, 2.75) is 59.8 Å². The summed E-state index contributed by atoms with van der Waals surface area (Å²) < 4.78 is 12.5. The second kappa shape index (κ2) is 10.4. The molecule has 3 nitrogen and oxygen atoms in total. The molecule has 0 saturated carbocycles. The molecule has 0 aromatic heterocycles. The number of benzene rings is 2. The molecule has 28 heavy (non-hydrogen) atoms. The van der Waals surface area contributed by atoms with Gasteiger partial charge in [0.15, 0.2) is 11.9 Å². The van der Waals surface area contributed by atoms with Crippen LogP contribution in [0.3, 0.4) is 0 Å². The van der Waals surface area contributed by atoms with Crippen molar-refractivity contribution in [3.05, 3.63) is 69.8 Å². The minimum atomic E-state index is -1.95. The molecule has 1 unspecified atom stereocenters. The molecule has 0 radical (unpaired) electrons. The number of hydrogen-bond donors (Lipinski definition) is 0. The average molecular weight is 397 g/mol. The van der Waals surface area contributed by atoms with Crippen molar-refractivity contribution >= 4 is 19.1 Å². The van der Waals surface area contributed by atoms with Crippen LogP contribution < -0.4 is 0 Å². The first kappa shape index (κ1) is 22.2. The summed E-state index contributed by atoms with van der Waals surface area (Å²) in [7, 11) is -1.95. The van der Waals surface area contributed by atoms with E-state index in [1.807, 2.05) is 50.2 Å². The third-order valence-electron chi connectivity index (χ3n) is 5.21. The van der Waals surface area contributed by atoms with Crippen molar-refractivity contribution in [1.82, 2.24) is 0 Å². The van der Waals surface area contributed by atoms with Crippen LogP contribution in [0, 0.1) is 13.8 Å². The molecule has 0 aliphatic carbocycles. The molecule has 0 spiro atoms. The Labute approximate surface area is 169 Å². The summed E-state index contributed by atoms with van der Waals surface area (Å²) in [5.74, 6) is 0.158. The third kappa shape index (κ3) is 5.23. The molecule has 1 atom stereocenters. The summed E-state index contributed by atoms with van der Waals surface area (Å²) >= 11 is 0. The van der Waals surface area contributed by atoms with E-state index in [2.05, 4.69) is 13.8 Å². The fourth-order valence-corrected chi connectivity index (χ4v) is 4.96. The van der Waals surface area contributed by atoms with Crippen LogP contribution in [0.5, 0.6) is 0 Å². The number of carbonyl (C=O) groups excluding carboxylic acids is 2. The van der Waals surface area contributed by atoms with E-state index >= 15 is 0 Å². The summed E-state index contributed by atoms with van der Waals surface area (Å²) in [6.07, 6.45) is 3.72. The van der Waals surface area contributed by atoms with Gasteiger partial charge in [-0.25, -0.2) is 4.79 Å². The van der Waals surface area contributed by atoms with Crippen LogP contribution >= 0.6 is 7.80 Å². The lowest BCUT2D eigenvalue weighted by Gasteiger charge is -2.11.